The fourth-order valence-corrected chi connectivity index (χ4v) is 1.63. The number of nitrogens with zero attached hydrogens (tertiary/aromatic N) is 2. The van der Waals surface area contributed by atoms with Gasteiger partial charge in [0.15, 0.2) is 5.96 Å². The van der Waals surface area contributed by atoms with Crippen molar-refractivity contribution in [3.05, 3.63) is 35.9 Å². The van der Waals surface area contributed by atoms with Gasteiger partial charge in [-0.25, -0.2) is 4.99 Å². The molecule has 0 bridgehead atoms. The van der Waals surface area contributed by atoms with Crippen LogP contribution < -0.4 is 5.32 Å². The molecule has 1 atom stereocenters. The van der Waals surface area contributed by atoms with Crippen molar-refractivity contribution in [3.63, 3.8) is 0 Å². The second-order valence-corrected chi connectivity index (χ2v) is 4.82. The number of esters is 1. The molecule has 0 aliphatic carbocycles. The van der Waals surface area contributed by atoms with Crippen LogP contribution in [0.4, 0.5) is 0 Å². The number of rotatable bonds is 5. The molecule has 118 valence electrons. The summed E-state index contributed by atoms with van der Waals surface area (Å²) < 4.78 is 4.70. The quantitative estimate of drug-likeness (QED) is 0.353. The van der Waals surface area contributed by atoms with E-state index in [2.05, 4.69) is 10.3 Å². The zero-order valence-corrected chi connectivity index (χ0v) is 15.3. The Balaban J connectivity index is 0.00000400. The van der Waals surface area contributed by atoms with Crippen molar-refractivity contribution in [3.8, 4) is 0 Å². The third kappa shape index (κ3) is 7.31. The van der Waals surface area contributed by atoms with Gasteiger partial charge in [-0.3, -0.25) is 4.79 Å². The van der Waals surface area contributed by atoms with Gasteiger partial charge in [-0.2, -0.15) is 0 Å². The molecular formula is C15H24IN3O2. The lowest BCUT2D eigenvalue weighted by molar-refractivity contribution is -0.144. The maximum Gasteiger partial charge on any atom is 0.310 e. The Labute approximate surface area is 143 Å². The molecule has 0 heterocycles. The average Bonchev–Trinajstić information content (AvgIpc) is 2.46. The number of nitrogens with one attached hydrogen (secondary N) is 1. The molecule has 0 saturated heterocycles. The molecule has 0 spiro atoms. The van der Waals surface area contributed by atoms with Gasteiger partial charge in [0.1, 0.15) is 0 Å². The van der Waals surface area contributed by atoms with Crippen LogP contribution in [-0.2, 0) is 16.1 Å². The minimum Gasteiger partial charge on any atom is -0.469 e. The van der Waals surface area contributed by atoms with Crippen LogP contribution in [0.1, 0.15) is 12.5 Å². The molecule has 1 aromatic rings. The van der Waals surface area contributed by atoms with E-state index in [0.29, 0.717) is 13.1 Å². The van der Waals surface area contributed by atoms with Gasteiger partial charge >= 0.3 is 5.97 Å². The first-order valence-corrected chi connectivity index (χ1v) is 6.62. The van der Waals surface area contributed by atoms with E-state index < -0.39 is 0 Å². The highest BCUT2D eigenvalue weighted by atomic mass is 127. The highest BCUT2D eigenvalue weighted by Crippen LogP contribution is 2.01. The number of ether oxygens (including phenoxy) is 1. The maximum absolute atomic E-state index is 11.4. The summed E-state index contributed by atoms with van der Waals surface area (Å²) in [7, 11) is 5.23. The molecule has 0 aliphatic rings. The Kier molecular flexibility index (Phi) is 9.77. The highest BCUT2D eigenvalue weighted by molar-refractivity contribution is 14.0. The smallest absolute Gasteiger partial charge is 0.310 e. The molecule has 0 amide bonds. The molecule has 5 nitrogen and oxygen atoms in total. The molecule has 1 unspecified atom stereocenters. The van der Waals surface area contributed by atoms with E-state index in [-0.39, 0.29) is 35.9 Å². The lowest BCUT2D eigenvalue weighted by atomic mass is 10.2. The van der Waals surface area contributed by atoms with Crippen LogP contribution >= 0.6 is 24.0 Å². The summed E-state index contributed by atoms with van der Waals surface area (Å²) in [5, 5.41) is 3.18. The molecule has 0 aromatic heterocycles. The number of guanidine groups is 1. The number of hydrogen-bond acceptors (Lipinski definition) is 3. The van der Waals surface area contributed by atoms with E-state index in [9.17, 15) is 4.79 Å². The molecule has 21 heavy (non-hydrogen) atoms. The van der Waals surface area contributed by atoms with Gasteiger partial charge in [0.2, 0.25) is 0 Å². The Morgan fingerprint density at radius 2 is 1.95 bits per heavy atom. The van der Waals surface area contributed by atoms with E-state index in [1.807, 2.05) is 56.3 Å². The Bertz CT molecular complexity index is 449. The van der Waals surface area contributed by atoms with Crippen LogP contribution in [-0.4, -0.2) is 44.6 Å². The van der Waals surface area contributed by atoms with Gasteiger partial charge in [0.05, 0.1) is 19.6 Å². The van der Waals surface area contributed by atoms with Gasteiger partial charge in [0.25, 0.3) is 0 Å². The van der Waals surface area contributed by atoms with Gasteiger partial charge in [-0.1, -0.05) is 37.3 Å². The van der Waals surface area contributed by atoms with Crippen molar-refractivity contribution in [1.82, 2.24) is 10.2 Å². The number of benzene rings is 1. The maximum atomic E-state index is 11.4. The molecule has 0 radical (unpaired) electrons. The van der Waals surface area contributed by atoms with Crippen molar-refractivity contribution in [1.29, 1.82) is 0 Å². The molecule has 0 saturated carbocycles. The second kappa shape index (κ2) is 10.4. The zero-order chi connectivity index (χ0) is 15.0. The van der Waals surface area contributed by atoms with Crippen LogP contribution in [0.3, 0.4) is 0 Å². The third-order valence-electron chi connectivity index (χ3n) is 2.85. The Hall–Kier alpha value is -1.31. The van der Waals surface area contributed by atoms with Crippen LogP contribution in [0.2, 0.25) is 0 Å². The van der Waals surface area contributed by atoms with E-state index in [4.69, 9.17) is 4.74 Å². The monoisotopic (exact) mass is 405 g/mol. The Morgan fingerprint density at radius 1 is 1.33 bits per heavy atom. The van der Waals surface area contributed by atoms with Crippen LogP contribution in [0.5, 0.6) is 0 Å². The molecule has 0 fully saturated rings. The molecule has 1 aromatic carbocycles. The SMILES string of the molecule is COC(=O)C(C)CNC(=NCc1ccccc1)N(C)C.I. The van der Waals surface area contributed by atoms with Crippen LogP contribution in [0, 0.1) is 5.92 Å². The normalized spacial score (nSPS) is 12.1. The molecular weight excluding hydrogens is 381 g/mol. The number of methoxy groups -OCH3 is 1. The summed E-state index contributed by atoms with van der Waals surface area (Å²) >= 11 is 0. The highest BCUT2D eigenvalue weighted by Gasteiger charge is 2.13. The number of halogens is 1. The number of carbonyl (C=O) groups excluding carboxylic acids is 1. The fourth-order valence-electron chi connectivity index (χ4n) is 1.63. The van der Waals surface area contributed by atoms with E-state index in [1.165, 1.54) is 7.11 Å². The van der Waals surface area contributed by atoms with Crippen molar-refractivity contribution < 1.29 is 9.53 Å². The van der Waals surface area contributed by atoms with Crippen LogP contribution in [0.15, 0.2) is 35.3 Å². The van der Waals surface area contributed by atoms with Gasteiger partial charge in [0, 0.05) is 20.6 Å². The van der Waals surface area contributed by atoms with Crippen molar-refractivity contribution in [2.24, 2.45) is 10.9 Å². The zero-order valence-electron chi connectivity index (χ0n) is 13.0. The van der Waals surface area contributed by atoms with Gasteiger partial charge in [-0.05, 0) is 5.56 Å². The average molecular weight is 405 g/mol. The molecule has 1 N–H and O–H groups in total. The number of hydrogen-bond donors (Lipinski definition) is 1. The first-order valence-electron chi connectivity index (χ1n) is 6.62. The van der Waals surface area contributed by atoms with E-state index in [0.717, 1.165) is 11.5 Å². The van der Waals surface area contributed by atoms with Gasteiger partial charge < -0.3 is 15.0 Å². The first kappa shape index (κ1) is 19.7. The summed E-state index contributed by atoms with van der Waals surface area (Å²) in [4.78, 5) is 17.8. The third-order valence-corrected chi connectivity index (χ3v) is 2.85. The van der Waals surface area contributed by atoms with Crippen molar-refractivity contribution in [2.75, 3.05) is 27.7 Å². The Morgan fingerprint density at radius 3 is 2.48 bits per heavy atom. The molecule has 6 heteroatoms. The first-order chi connectivity index (χ1) is 9.54. The summed E-state index contributed by atoms with van der Waals surface area (Å²) in [6.45, 7) is 2.93. The predicted molar refractivity (Wildman–Crippen MR) is 95.9 cm³/mol. The number of carbonyl (C=O) groups is 1. The van der Waals surface area contributed by atoms with Crippen molar-refractivity contribution in [2.45, 2.75) is 13.5 Å². The summed E-state index contributed by atoms with van der Waals surface area (Å²) in [5.74, 6) is 0.324. The minimum atomic E-state index is -0.223. The topological polar surface area (TPSA) is 53.9 Å². The standard InChI is InChI=1S/C15H23N3O2.HI/c1-12(14(19)20-4)10-16-15(18(2)3)17-11-13-8-6-5-7-9-13;/h5-9,12H,10-11H2,1-4H3,(H,16,17);1H. The molecule has 1 rings (SSSR count). The molecule has 0 aliphatic heterocycles. The lowest BCUT2D eigenvalue weighted by Crippen LogP contribution is -2.40. The summed E-state index contributed by atoms with van der Waals surface area (Å²) in [6, 6.07) is 10.0. The second-order valence-electron chi connectivity index (χ2n) is 4.82. The lowest BCUT2D eigenvalue weighted by Gasteiger charge is -2.19. The van der Waals surface area contributed by atoms with Gasteiger partial charge in [-0.15, -0.1) is 24.0 Å². The van der Waals surface area contributed by atoms with E-state index >= 15 is 0 Å². The largest absolute Gasteiger partial charge is 0.469 e. The number of aliphatic imine (C=N–C) groups is 1. The van der Waals surface area contributed by atoms with E-state index in [1.54, 1.807) is 0 Å². The fraction of sp³-hybridized carbons (Fsp3) is 0.467. The summed E-state index contributed by atoms with van der Waals surface area (Å²) in [6.07, 6.45) is 0. The van der Waals surface area contributed by atoms with Crippen LogP contribution in [0.25, 0.3) is 0 Å². The minimum absolute atomic E-state index is 0. The summed E-state index contributed by atoms with van der Waals surface area (Å²) in [5.41, 5.74) is 1.15. The van der Waals surface area contributed by atoms with Crippen molar-refractivity contribution >= 4 is 35.9 Å². The predicted octanol–water partition coefficient (Wildman–Crippen LogP) is 2.12.